The molecule has 0 bridgehead atoms. The molecule has 9 heteroatoms. The van der Waals surface area contributed by atoms with Gasteiger partial charge in [0.25, 0.3) is 11.8 Å². The number of nitrogens with two attached hydrogens (primary N) is 1. The summed E-state index contributed by atoms with van der Waals surface area (Å²) in [7, 11) is 0. The van der Waals surface area contributed by atoms with Gasteiger partial charge in [-0.3, -0.25) is 19.6 Å². The normalized spacial score (nSPS) is 21.3. The lowest BCUT2D eigenvalue weighted by molar-refractivity contribution is -0.138. The number of rotatable bonds is 6. The molecule has 2 fully saturated rings. The van der Waals surface area contributed by atoms with Crippen LogP contribution in [0.2, 0.25) is 0 Å². The van der Waals surface area contributed by atoms with E-state index < -0.39 is 23.4 Å². The lowest BCUT2D eigenvalue weighted by atomic mass is 9.95. The zero-order chi connectivity index (χ0) is 22.8. The van der Waals surface area contributed by atoms with Gasteiger partial charge in [0.1, 0.15) is 6.04 Å². The smallest absolute Gasteiger partial charge is 0.267 e. The van der Waals surface area contributed by atoms with E-state index in [-0.39, 0.29) is 30.3 Å². The van der Waals surface area contributed by atoms with Crippen LogP contribution >= 0.6 is 0 Å². The van der Waals surface area contributed by atoms with Gasteiger partial charge >= 0.3 is 0 Å². The molecule has 166 valence electrons. The summed E-state index contributed by atoms with van der Waals surface area (Å²) in [6, 6.07) is 5.48. The van der Waals surface area contributed by atoms with Crippen molar-refractivity contribution in [3.63, 3.8) is 0 Å². The molecule has 1 aromatic carbocycles. The second-order valence-electron chi connectivity index (χ2n) is 8.78. The fourth-order valence-electron chi connectivity index (χ4n) is 3.49. The Kier molecular flexibility index (Phi) is 6.65. The van der Waals surface area contributed by atoms with Crippen LogP contribution in [0.25, 0.3) is 0 Å². The van der Waals surface area contributed by atoms with Crippen LogP contribution < -0.4 is 16.5 Å². The Morgan fingerprint density at radius 2 is 1.90 bits per heavy atom. The molecule has 2 unspecified atom stereocenters. The zero-order valence-corrected chi connectivity index (χ0v) is 17.6. The minimum absolute atomic E-state index is 0.0227. The van der Waals surface area contributed by atoms with E-state index in [1.807, 2.05) is 0 Å². The summed E-state index contributed by atoms with van der Waals surface area (Å²) >= 11 is 0. The Labute approximate surface area is 180 Å². The molecular formula is C22H28N4O5. The van der Waals surface area contributed by atoms with E-state index in [1.165, 1.54) is 5.48 Å². The van der Waals surface area contributed by atoms with Crippen molar-refractivity contribution in [3.8, 4) is 11.8 Å². The third-order valence-electron chi connectivity index (χ3n) is 5.63. The van der Waals surface area contributed by atoms with Gasteiger partial charge in [-0.15, -0.1) is 0 Å². The first kappa shape index (κ1) is 22.7. The fourth-order valence-corrected chi connectivity index (χ4v) is 3.49. The molecule has 1 heterocycles. The van der Waals surface area contributed by atoms with E-state index in [4.69, 9.17) is 16.0 Å². The SMILES string of the molecule is CC(C)(N)[C@H](NC(=O)c1ccc(C#CC2CN(C(=O)C3CC3CO)C2)cc1)C(=O)NO. The summed E-state index contributed by atoms with van der Waals surface area (Å²) in [6.07, 6.45) is 0.774. The molecule has 1 saturated heterocycles. The summed E-state index contributed by atoms with van der Waals surface area (Å²) < 4.78 is 0. The standard InChI is InChI=1S/C22H28N4O5/c1-22(2,23)18(20(29)25-31)24-19(28)15-7-5-13(6-8-15)3-4-14-10-26(11-14)21(30)17-9-16(17)12-27/h5-8,14,16-18,27,31H,9-12,23H2,1-2H3,(H,24,28)(H,25,29)/t16?,17?,18-/m1/s1. The first-order valence-corrected chi connectivity index (χ1v) is 10.2. The number of carbonyl (C=O) groups is 3. The predicted molar refractivity (Wildman–Crippen MR) is 112 cm³/mol. The Bertz CT molecular complexity index is 907. The summed E-state index contributed by atoms with van der Waals surface area (Å²) in [5, 5.41) is 20.5. The third kappa shape index (κ3) is 5.41. The van der Waals surface area contributed by atoms with Crippen molar-refractivity contribution in [1.29, 1.82) is 0 Å². The molecule has 3 rings (SSSR count). The molecule has 3 amide bonds. The fraction of sp³-hybridized carbons (Fsp3) is 0.500. The Hall–Kier alpha value is -2.93. The molecule has 1 aliphatic carbocycles. The lowest BCUT2D eigenvalue weighted by Crippen LogP contribution is -2.61. The monoisotopic (exact) mass is 428 g/mol. The van der Waals surface area contributed by atoms with Gasteiger partial charge in [-0.25, -0.2) is 5.48 Å². The van der Waals surface area contributed by atoms with Crippen LogP contribution in [-0.4, -0.2) is 64.2 Å². The van der Waals surface area contributed by atoms with Gasteiger partial charge in [0.2, 0.25) is 5.91 Å². The van der Waals surface area contributed by atoms with Crippen molar-refractivity contribution in [3.05, 3.63) is 35.4 Å². The molecule has 9 nitrogen and oxygen atoms in total. The quantitative estimate of drug-likeness (QED) is 0.234. The van der Waals surface area contributed by atoms with Gasteiger partial charge in [0, 0.05) is 42.3 Å². The first-order chi connectivity index (χ1) is 14.6. The van der Waals surface area contributed by atoms with E-state index >= 15 is 0 Å². The van der Waals surface area contributed by atoms with E-state index in [1.54, 1.807) is 43.0 Å². The van der Waals surface area contributed by atoms with Gasteiger partial charge in [-0.1, -0.05) is 11.8 Å². The maximum Gasteiger partial charge on any atom is 0.267 e. The zero-order valence-electron chi connectivity index (χ0n) is 17.6. The third-order valence-corrected chi connectivity index (χ3v) is 5.63. The van der Waals surface area contributed by atoms with E-state index in [9.17, 15) is 14.4 Å². The number of aliphatic hydroxyl groups is 1. The number of benzene rings is 1. The summed E-state index contributed by atoms with van der Waals surface area (Å²) in [5.74, 6) is 5.22. The average molecular weight is 428 g/mol. The Morgan fingerprint density at radius 3 is 2.42 bits per heavy atom. The second-order valence-corrected chi connectivity index (χ2v) is 8.78. The first-order valence-electron chi connectivity index (χ1n) is 10.2. The van der Waals surface area contributed by atoms with Crippen molar-refractivity contribution < 1.29 is 24.7 Å². The number of nitrogens with one attached hydrogen (secondary N) is 2. The summed E-state index contributed by atoms with van der Waals surface area (Å²) in [5.41, 5.74) is 7.41. The minimum Gasteiger partial charge on any atom is -0.396 e. The highest BCUT2D eigenvalue weighted by molar-refractivity contribution is 5.97. The van der Waals surface area contributed by atoms with Crippen molar-refractivity contribution in [2.75, 3.05) is 19.7 Å². The molecule has 31 heavy (non-hydrogen) atoms. The van der Waals surface area contributed by atoms with Gasteiger partial charge in [0.15, 0.2) is 0 Å². The lowest BCUT2D eigenvalue weighted by Gasteiger charge is -2.36. The van der Waals surface area contributed by atoms with Gasteiger partial charge in [0.05, 0.1) is 5.92 Å². The number of hydrogen-bond donors (Lipinski definition) is 5. The van der Waals surface area contributed by atoms with Crippen molar-refractivity contribution in [1.82, 2.24) is 15.7 Å². The number of hydroxylamine groups is 1. The average Bonchev–Trinajstić information content (AvgIpc) is 3.49. The van der Waals surface area contributed by atoms with Crippen LogP contribution in [0.3, 0.4) is 0 Å². The molecule has 0 spiro atoms. The van der Waals surface area contributed by atoms with Crippen LogP contribution in [0.15, 0.2) is 24.3 Å². The number of nitrogens with zero attached hydrogens (tertiary/aromatic N) is 1. The highest BCUT2D eigenvalue weighted by Crippen LogP contribution is 2.40. The van der Waals surface area contributed by atoms with Crippen LogP contribution in [0.5, 0.6) is 0 Å². The number of likely N-dealkylation sites (tertiary alicyclic amines) is 1. The van der Waals surface area contributed by atoms with Crippen LogP contribution in [0.4, 0.5) is 0 Å². The predicted octanol–water partition coefficient (Wildman–Crippen LogP) is -0.534. The Morgan fingerprint density at radius 1 is 1.26 bits per heavy atom. The number of amides is 3. The number of carbonyl (C=O) groups excluding carboxylic acids is 3. The number of hydrogen-bond acceptors (Lipinski definition) is 6. The van der Waals surface area contributed by atoms with Crippen LogP contribution in [0.1, 0.15) is 36.2 Å². The molecule has 2 aliphatic rings. The van der Waals surface area contributed by atoms with Crippen molar-refractivity contribution in [2.24, 2.45) is 23.5 Å². The summed E-state index contributed by atoms with van der Waals surface area (Å²) in [6.45, 7) is 4.41. The van der Waals surface area contributed by atoms with Crippen molar-refractivity contribution in [2.45, 2.75) is 31.8 Å². The topological polar surface area (TPSA) is 145 Å². The molecule has 1 aromatic rings. The Balaban J connectivity index is 1.52. The molecule has 3 atom stereocenters. The highest BCUT2D eigenvalue weighted by Gasteiger charge is 2.46. The molecule has 1 saturated carbocycles. The summed E-state index contributed by atoms with van der Waals surface area (Å²) in [4.78, 5) is 38.2. The largest absolute Gasteiger partial charge is 0.396 e. The number of aliphatic hydroxyl groups excluding tert-OH is 1. The maximum absolute atomic E-state index is 12.4. The van der Waals surface area contributed by atoms with E-state index in [0.29, 0.717) is 18.7 Å². The van der Waals surface area contributed by atoms with Crippen molar-refractivity contribution >= 4 is 17.7 Å². The molecule has 6 N–H and O–H groups in total. The molecule has 0 radical (unpaired) electrons. The van der Waals surface area contributed by atoms with E-state index in [0.717, 1.165) is 12.0 Å². The second kappa shape index (κ2) is 9.06. The van der Waals surface area contributed by atoms with Crippen LogP contribution in [0, 0.1) is 29.6 Å². The molecule has 0 aromatic heterocycles. The molecular weight excluding hydrogens is 400 g/mol. The van der Waals surface area contributed by atoms with Gasteiger partial charge in [-0.05, 0) is 50.5 Å². The van der Waals surface area contributed by atoms with Gasteiger partial charge < -0.3 is 21.1 Å². The minimum atomic E-state index is -1.11. The maximum atomic E-state index is 12.4. The van der Waals surface area contributed by atoms with Gasteiger partial charge in [-0.2, -0.15) is 0 Å². The van der Waals surface area contributed by atoms with Crippen LogP contribution in [-0.2, 0) is 9.59 Å². The highest BCUT2D eigenvalue weighted by atomic mass is 16.5. The van der Waals surface area contributed by atoms with E-state index in [2.05, 4.69) is 17.2 Å². The molecule has 1 aliphatic heterocycles.